The number of benzene rings is 1. The van der Waals surface area contributed by atoms with Crippen LogP contribution >= 0.6 is 0 Å². The molecule has 0 spiro atoms. The van der Waals surface area contributed by atoms with E-state index in [1.54, 1.807) is 0 Å². The highest BCUT2D eigenvalue weighted by molar-refractivity contribution is 5.86. The number of imidazole rings is 2. The van der Waals surface area contributed by atoms with Crippen LogP contribution in [-0.2, 0) is 24.8 Å². The topological polar surface area (TPSA) is 80.4 Å². The molecule has 0 N–H and O–H groups in total. The van der Waals surface area contributed by atoms with Crippen LogP contribution in [0.1, 0.15) is 32.4 Å². The van der Waals surface area contributed by atoms with Crippen LogP contribution in [0, 0.1) is 0 Å². The van der Waals surface area contributed by atoms with Crippen LogP contribution in [0.4, 0.5) is 5.82 Å². The quantitative estimate of drug-likeness (QED) is 0.397. The van der Waals surface area contributed by atoms with Crippen molar-refractivity contribution in [2.24, 2.45) is 7.05 Å². The largest absolute Gasteiger partial charge is 0.378 e. The molecule has 4 aromatic rings. The third-order valence-corrected chi connectivity index (χ3v) is 7.74. The van der Waals surface area contributed by atoms with Crippen LogP contribution in [-0.4, -0.2) is 97.4 Å². The van der Waals surface area contributed by atoms with Gasteiger partial charge in [-0.2, -0.15) is 9.97 Å². The SMILES string of the molecule is CCc1nc2ccccc2n1-c1nc(N2CCOCC2)c2nc(CN3CCN(C(C)C)CC3)n(C)c2n1. The molecular formula is C27H37N9O. The average molecular weight is 504 g/mol. The fraction of sp³-hybridized carbons (Fsp3) is 0.556. The standard InChI is InChI=1S/C27H37N9O/c1-5-22-28-20-8-6-7-9-21(20)36(22)27-30-25-24(26(31-27)35-14-16-37-17-15-35)29-23(32(25)4)18-33-10-12-34(13-11-33)19(2)3/h6-9,19H,5,10-18H2,1-4H3. The molecule has 0 radical (unpaired) electrons. The van der Waals surface area contributed by atoms with E-state index >= 15 is 0 Å². The van der Waals surface area contributed by atoms with Gasteiger partial charge in [-0.1, -0.05) is 19.1 Å². The summed E-state index contributed by atoms with van der Waals surface area (Å²) >= 11 is 0. The average Bonchev–Trinajstić information content (AvgIpc) is 3.46. The number of piperazine rings is 1. The monoisotopic (exact) mass is 503 g/mol. The van der Waals surface area contributed by atoms with Crippen molar-refractivity contribution in [3.8, 4) is 5.95 Å². The van der Waals surface area contributed by atoms with E-state index in [1.165, 1.54) is 0 Å². The summed E-state index contributed by atoms with van der Waals surface area (Å²) in [7, 11) is 2.08. The van der Waals surface area contributed by atoms with Gasteiger partial charge in [0.1, 0.15) is 11.6 Å². The number of ether oxygens (including phenoxy) is 1. The normalized spacial score (nSPS) is 18.0. The molecule has 1 aromatic carbocycles. The second kappa shape index (κ2) is 10.00. The maximum Gasteiger partial charge on any atom is 0.239 e. The van der Waals surface area contributed by atoms with E-state index in [2.05, 4.69) is 57.7 Å². The van der Waals surface area contributed by atoms with Gasteiger partial charge < -0.3 is 14.2 Å². The summed E-state index contributed by atoms with van der Waals surface area (Å²) in [4.78, 5) is 27.6. The van der Waals surface area contributed by atoms with Gasteiger partial charge in [0.25, 0.3) is 0 Å². The molecule has 2 fully saturated rings. The molecule has 3 aromatic heterocycles. The van der Waals surface area contributed by atoms with Crippen molar-refractivity contribution in [3.05, 3.63) is 35.9 Å². The van der Waals surface area contributed by atoms with Crippen molar-refractivity contribution in [1.29, 1.82) is 0 Å². The summed E-state index contributed by atoms with van der Waals surface area (Å²) in [6.45, 7) is 14.7. The smallest absolute Gasteiger partial charge is 0.239 e. The molecule has 0 atom stereocenters. The summed E-state index contributed by atoms with van der Waals surface area (Å²) in [5.74, 6) is 3.52. The lowest BCUT2D eigenvalue weighted by molar-refractivity contribution is 0.102. The van der Waals surface area contributed by atoms with Crippen LogP contribution < -0.4 is 4.90 Å². The Morgan fingerprint density at radius 3 is 2.38 bits per heavy atom. The van der Waals surface area contributed by atoms with E-state index in [1.807, 2.05) is 18.2 Å². The third kappa shape index (κ3) is 4.47. The van der Waals surface area contributed by atoms with Gasteiger partial charge in [-0.15, -0.1) is 0 Å². The Hall–Kier alpha value is -3.08. The van der Waals surface area contributed by atoms with Crippen LogP contribution in [0.2, 0.25) is 0 Å². The Morgan fingerprint density at radius 2 is 1.65 bits per heavy atom. The fourth-order valence-electron chi connectivity index (χ4n) is 5.49. The zero-order valence-electron chi connectivity index (χ0n) is 22.4. The molecule has 2 saturated heterocycles. The van der Waals surface area contributed by atoms with Crippen molar-refractivity contribution >= 4 is 28.0 Å². The number of para-hydroxylation sites is 2. The number of anilines is 1. The first-order valence-electron chi connectivity index (χ1n) is 13.5. The molecule has 37 heavy (non-hydrogen) atoms. The fourth-order valence-corrected chi connectivity index (χ4v) is 5.49. The molecule has 0 bridgehead atoms. The van der Waals surface area contributed by atoms with Gasteiger partial charge in [-0.05, 0) is 26.0 Å². The van der Waals surface area contributed by atoms with Gasteiger partial charge in [0.2, 0.25) is 5.95 Å². The molecule has 0 unspecified atom stereocenters. The summed E-state index contributed by atoms with van der Waals surface area (Å²) in [5.41, 5.74) is 3.72. The van der Waals surface area contributed by atoms with E-state index in [0.29, 0.717) is 25.2 Å². The number of aromatic nitrogens is 6. The molecule has 5 heterocycles. The summed E-state index contributed by atoms with van der Waals surface area (Å²) in [6.07, 6.45) is 0.794. The molecule has 0 saturated carbocycles. The second-order valence-corrected chi connectivity index (χ2v) is 10.3. The first-order chi connectivity index (χ1) is 18.0. The van der Waals surface area contributed by atoms with Crippen LogP contribution in [0.3, 0.4) is 0 Å². The molecule has 10 nitrogen and oxygen atoms in total. The van der Waals surface area contributed by atoms with Crippen molar-refractivity contribution in [1.82, 2.24) is 38.9 Å². The Morgan fingerprint density at radius 1 is 0.892 bits per heavy atom. The Bertz CT molecular complexity index is 1390. The maximum absolute atomic E-state index is 5.65. The molecular weight excluding hydrogens is 466 g/mol. The number of rotatable bonds is 6. The Balaban J connectivity index is 1.44. The minimum absolute atomic E-state index is 0.593. The second-order valence-electron chi connectivity index (χ2n) is 10.3. The Kier molecular flexibility index (Phi) is 6.56. The van der Waals surface area contributed by atoms with Crippen molar-refractivity contribution in [2.45, 2.75) is 39.8 Å². The van der Waals surface area contributed by atoms with Gasteiger partial charge in [0.05, 0.1) is 30.8 Å². The minimum Gasteiger partial charge on any atom is -0.378 e. The van der Waals surface area contributed by atoms with Crippen LogP contribution in [0.5, 0.6) is 0 Å². The molecule has 0 amide bonds. The molecule has 10 heteroatoms. The molecule has 6 rings (SSSR count). The van der Waals surface area contributed by atoms with Gasteiger partial charge in [0, 0.05) is 58.8 Å². The molecule has 196 valence electrons. The van der Waals surface area contributed by atoms with Gasteiger partial charge in [0.15, 0.2) is 17.0 Å². The lowest BCUT2D eigenvalue weighted by atomic mass is 10.2. The number of fused-ring (bicyclic) bond motifs is 2. The van der Waals surface area contributed by atoms with Gasteiger partial charge >= 0.3 is 0 Å². The van der Waals surface area contributed by atoms with Crippen molar-refractivity contribution < 1.29 is 4.74 Å². The first-order valence-corrected chi connectivity index (χ1v) is 13.5. The van der Waals surface area contributed by atoms with E-state index in [9.17, 15) is 0 Å². The summed E-state index contributed by atoms with van der Waals surface area (Å²) in [5, 5.41) is 0. The third-order valence-electron chi connectivity index (χ3n) is 7.74. The van der Waals surface area contributed by atoms with E-state index in [4.69, 9.17) is 24.7 Å². The van der Waals surface area contributed by atoms with Gasteiger partial charge in [-0.25, -0.2) is 9.97 Å². The number of hydrogen-bond acceptors (Lipinski definition) is 8. The highest BCUT2D eigenvalue weighted by Gasteiger charge is 2.26. The van der Waals surface area contributed by atoms with Crippen molar-refractivity contribution in [3.63, 3.8) is 0 Å². The lowest BCUT2D eigenvalue weighted by Gasteiger charge is -2.36. The highest BCUT2D eigenvalue weighted by atomic mass is 16.5. The first kappa shape index (κ1) is 24.3. The molecule has 2 aliphatic heterocycles. The molecule has 2 aliphatic rings. The summed E-state index contributed by atoms with van der Waals surface area (Å²) < 4.78 is 9.91. The Labute approximate surface area is 217 Å². The van der Waals surface area contributed by atoms with Crippen molar-refractivity contribution in [2.75, 3.05) is 57.4 Å². The molecule has 0 aliphatic carbocycles. The number of hydrogen-bond donors (Lipinski definition) is 0. The number of morpholine rings is 1. The maximum atomic E-state index is 5.65. The zero-order valence-corrected chi connectivity index (χ0v) is 22.4. The highest BCUT2D eigenvalue weighted by Crippen LogP contribution is 2.29. The van der Waals surface area contributed by atoms with E-state index < -0.39 is 0 Å². The number of nitrogens with zero attached hydrogens (tertiary/aromatic N) is 9. The van der Waals surface area contributed by atoms with Crippen LogP contribution in [0.25, 0.3) is 28.1 Å². The lowest BCUT2D eigenvalue weighted by Crippen LogP contribution is -2.48. The zero-order chi connectivity index (χ0) is 25.5. The number of aryl methyl sites for hydroxylation is 2. The van der Waals surface area contributed by atoms with Crippen LogP contribution in [0.15, 0.2) is 24.3 Å². The minimum atomic E-state index is 0.593. The van der Waals surface area contributed by atoms with Gasteiger partial charge in [-0.3, -0.25) is 14.4 Å². The summed E-state index contributed by atoms with van der Waals surface area (Å²) in [6, 6.07) is 8.80. The van der Waals surface area contributed by atoms with E-state index in [0.717, 1.165) is 91.9 Å². The van der Waals surface area contributed by atoms with E-state index in [-0.39, 0.29) is 0 Å². The predicted molar refractivity (Wildman–Crippen MR) is 145 cm³/mol. The predicted octanol–water partition coefficient (Wildman–Crippen LogP) is 2.63.